The summed E-state index contributed by atoms with van der Waals surface area (Å²) in [7, 11) is 0. The van der Waals surface area contributed by atoms with E-state index in [4.69, 9.17) is 0 Å². The van der Waals surface area contributed by atoms with Crippen molar-refractivity contribution in [2.45, 2.75) is 101 Å². The molecule has 0 heterocycles. The normalized spacial score (nSPS) is 19.0. The lowest BCUT2D eigenvalue weighted by Gasteiger charge is -2.42. The summed E-state index contributed by atoms with van der Waals surface area (Å²) < 4.78 is 243. The molecule has 0 fully saturated rings. The Balaban J connectivity index is 6.32. The summed E-state index contributed by atoms with van der Waals surface area (Å²) >= 11 is 0. The third-order valence-electron chi connectivity index (χ3n) is 5.75. The second-order valence-electron chi connectivity index (χ2n) is 8.15. The quantitative estimate of drug-likeness (QED) is 0.205. The molecule has 0 aliphatic heterocycles. The SMILES string of the molecule is CCC(OC(CC)C(C)C(F)(F)C(F)(F)C(F)(F)C(F)(F)F)C(C)C(F)(F)C(F)(F)C(F)(F)C(F)(F)F. The third-order valence-corrected chi connectivity index (χ3v) is 5.75. The van der Waals surface area contributed by atoms with E-state index in [0.29, 0.717) is 0 Å². The van der Waals surface area contributed by atoms with Crippen LogP contribution in [0.5, 0.6) is 0 Å². The van der Waals surface area contributed by atoms with E-state index in [9.17, 15) is 79.0 Å². The Bertz CT molecular complexity index is 691. The minimum Gasteiger partial charge on any atom is -0.374 e. The van der Waals surface area contributed by atoms with Crippen molar-refractivity contribution in [3.05, 3.63) is 0 Å². The molecule has 0 radical (unpaired) electrons. The van der Waals surface area contributed by atoms with Crippen LogP contribution in [0.1, 0.15) is 40.5 Å². The molecule has 0 saturated carbocycles. The van der Waals surface area contributed by atoms with Gasteiger partial charge in [-0.2, -0.15) is 79.0 Å². The molecule has 4 atom stereocenters. The van der Waals surface area contributed by atoms with Crippen LogP contribution in [0.2, 0.25) is 0 Å². The van der Waals surface area contributed by atoms with Crippen LogP contribution in [0.3, 0.4) is 0 Å². The van der Waals surface area contributed by atoms with Crippen molar-refractivity contribution in [1.82, 2.24) is 0 Å². The molecule has 0 aromatic rings. The molecular weight excluding hydrogens is 574 g/mol. The van der Waals surface area contributed by atoms with Gasteiger partial charge in [0.25, 0.3) is 0 Å². The van der Waals surface area contributed by atoms with Gasteiger partial charge in [-0.15, -0.1) is 0 Å². The first-order valence-electron chi connectivity index (χ1n) is 10.0. The number of ether oxygens (including phenoxy) is 1. The first-order chi connectivity index (χ1) is 15.9. The van der Waals surface area contributed by atoms with Crippen LogP contribution in [0.15, 0.2) is 0 Å². The van der Waals surface area contributed by atoms with Crippen molar-refractivity contribution >= 4 is 0 Å². The number of rotatable bonds is 12. The van der Waals surface area contributed by atoms with Crippen LogP contribution >= 0.6 is 0 Å². The smallest absolute Gasteiger partial charge is 0.374 e. The Morgan fingerprint density at radius 1 is 0.432 bits per heavy atom. The van der Waals surface area contributed by atoms with E-state index in [1.54, 1.807) is 0 Å². The number of hydrogen-bond acceptors (Lipinski definition) is 1. The molecule has 0 saturated heterocycles. The first kappa shape index (κ1) is 35.7. The Labute approximate surface area is 197 Å². The van der Waals surface area contributed by atoms with Gasteiger partial charge in [-0.25, -0.2) is 0 Å². The van der Waals surface area contributed by atoms with Crippen LogP contribution in [0.25, 0.3) is 0 Å². The van der Waals surface area contributed by atoms with Gasteiger partial charge < -0.3 is 4.74 Å². The average molecular weight is 594 g/mol. The first-order valence-corrected chi connectivity index (χ1v) is 10.0. The van der Waals surface area contributed by atoms with E-state index in [1.807, 2.05) is 0 Å². The molecule has 37 heavy (non-hydrogen) atoms. The van der Waals surface area contributed by atoms with Crippen molar-refractivity contribution in [3.63, 3.8) is 0 Å². The number of halogens is 18. The largest absolute Gasteiger partial charge is 0.460 e. The highest BCUT2D eigenvalue weighted by atomic mass is 19.4. The lowest BCUT2D eigenvalue weighted by atomic mass is 9.85. The molecule has 4 unspecified atom stereocenters. The Morgan fingerprint density at radius 2 is 0.649 bits per heavy atom. The highest BCUT2D eigenvalue weighted by Crippen LogP contribution is 2.58. The topological polar surface area (TPSA) is 9.23 Å². The van der Waals surface area contributed by atoms with Crippen LogP contribution in [0.4, 0.5) is 79.0 Å². The summed E-state index contributed by atoms with van der Waals surface area (Å²) in [6.45, 7) is 1.32. The van der Waals surface area contributed by atoms with Crippen LogP contribution in [-0.4, -0.2) is 60.1 Å². The zero-order chi connectivity index (χ0) is 30.4. The van der Waals surface area contributed by atoms with Gasteiger partial charge in [0, 0.05) is 0 Å². The molecule has 0 aliphatic carbocycles. The van der Waals surface area contributed by atoms with Crippen molar-refractivity contribution < 1.29 is 83.8 Å². The molecule has 0 N–H and O–H groups in total. The van der Waals surface area contributed by atoms with Crippen LogP contribution in [0, 0.1) is 11.8 Å². The van der Waals surface area contributed by atoms with Crippen molar-refractivity contribution in [2.24, 2.45) is 11.8 Å². The van der Waals surface area contributed by atoms with Gasteiger partial charge in [-0.3, -0.25) is 0 Å². The molecule has 0 bridgehead atoms. The second kappa shape index (κ2) is 10.4. The summed E-state index contributed by atoms with van der Waals surface area (Å²) in [6.07, 6.45) is -21.8. The van der Waals surface area contributed by atoms with E-state index in [-0.39, 0.29) is 13.8 Å². The molecule has 19 heteroatoms. The maximum absolute atomic E-state index is 14.2. The molecular formula is C18H20F18O. The van der Waals surface area contributed by atoms with E-state index in [2.05, 4.69) is 4.74 Å². The van der Waals surface area contributed by atoms with Crippen molar-refractivity contribution in [2.75, 3.05) is 0 Å². The van der Waals surface area contributed by atoms with Gasteiger partial charge in [0.05, 0.1) is 24.0 Å². The van der Waals surface area contributed by atoms with Gasteiger partial charge in [-0.1, -0.05) is 27.7 Å². The molecule has 1 nitrogen and oxygen atoms in total. The van der Waals surface area contributed by atoms with Crippen molar-refractivity contribution in [3.8, 4) is 0 Å². The van der Waals surface area contributed by atoms with Gasteiger partial charge in [0.15, 0.2) is 0 Å². The fraction of sp³-hybridized carbons (Fsp3) is 1.00. The Kier molecular flexibility index (Phi) is 9.99. The zero-order valence-electron chi connectivity index (χ0n) is 18.9. The lowest BCUT2D eigenvalue weighted by molar-refractivity contribution is -0.409. The summed E-state index contributed by atoms with van der Waals surface area (Å²) in [5.41, 5.74) is 0. The molecule has 0 aromatic heterocycles. The fourth-order valence-electron chi connectivity index (χ4n) is 3.17. The predicted molar refractivity (Wildman–Crippen MR) is 89.4 cm³/mol. The number of hydrogen-bond donors (Lipinski definition) is 0. The van der Waals surface area contributed by atoms with E-state index < -0.39 is 84.8 Å². The van der Waals surface area contributed by atoms with Gasteiger partial charge >= 0.3 is 47.9 Å². The van der Waals surface area contributed by atoms with Crippen LogP contribution < -0.4 is 0 Å². The summed E-state index contributed by atoms with van der Waals surface area (Å²) in [4.78, 5) is 0. The third kappa shape index (κ3) is 5.70. The Morgan fingerprint density at radius 3 is 0.811 bits per heavy atom. The highest BCUT2D eigenvalue weighted by molar-refractivity contribution is 5.05. The predicted octanol–water partition coefficient (Wildman–Crippen LogP) is 8.77. The summed E-state index contributed by atoms with van der Waals surface area (Å²) in [5, 5.41) is 0. The van der Waals surface area contributed by atoms with Crippen molar-refractivity contribution in [1.29, 1.82) is 0 Å². The standard InChI is InChI=1S/C18H20F18O/c1-5-9(7(3)11(19,20)13(23,24)15(27,28)17(31,32)33)37-10(6-2)8(4)12(21,22)14(25,26)16(29,30)18(34,35)36/h7-10H,5-6H2,1-4H3. The molecule has 224 valence electrons. The summed E-state index contributed by atoms with van der Waals surface area (Å²) in [5.74, 6) is -48.3. The van der Waals surface area contributed by atoms with Gasteiger partial charge in [-0.05, 0) is 12.8 Å². The maximum atomic E-state index is 14.2. The second-order valence-corrected chi connectivity index (χ2v) is 8.15. The lowest BCUT2D eigenvalue weighted by Crippen LogP contribution is -2.65. The minimum atomic E-state index is -7.33. The fourth-order valence-corrected chi connectivity index (χ4v) is 3.17. The highest BCUT2D eigenvalue weighted by Gasteiger charge is 2.84. The van der Waals surface area contributed by atoms with E-state index in [0.717, 1.165) is 13.8 Å². The minimum absolute atomic E-state index is 0.0729. The molecule has 0 rings (SSSR count). The Hall–Kier alpha value is -1.30. The molecule has 0 amide bonds. The van der Waals surface area contributed by atoms with Gasteiger partial charge in [0.1, 0.15) is 0 Å². The van der Waals surface area contributed by atoms with Crippen LogP contribution in [-0.2, 0) is 4.74 Å². The average Bonchev–Trinajstić information content (AvgIpc) is 2.71. The van der Waals surface area contributed by atoms with E-state index in [1.165, 1.54) is 0 Å². The van der Waals surface area contributed by atoms with E-state index >= 15 is 0 Å². The molecule has 0 aromatic carbocycles. The monoisotopic (exact) mass is 594 g/mol. The van der Waals surface area contributed by atoms with Gasteiger partial charge in [0.2, 0.25) is 0 Å². The molecule has 0 spiro atoms. The number of alkyl halides is 18. The zero-order valence-corrected chi connectivity index (χ0v) is 18.9. The molecule has 0 aliphatic rings. The summed E-state index contributed by atoms with van der Waals surface area (Å²) in [6, 6.07) is 0. The maximum Gasteiger partial charge on any atom is 0.460 e.